The topological polar surface area (TPSA) is 0 Å². The summed E-state index contributed by atoms with van der Waals surface area (Å²) in [6.45, 7) is 2.11. The van der Waals surface area contributed by atoms with Gasteiger partial charge in [-0.3, -0.25) is 0 Å². The highest BCUT2D eigenvalue weighted by atomic mass is 79.9. The minimum absolute atomic E-state index is 0.770. The molecule has 0 nitrogen and oxygen atoms in total. The molecule has 2 aromatic carbocycles. The van der Waals surface area contributed by atoms with Gasteiger partial charge >= 0.3 is 0 Å². The molecule has 0 heterocycles. The molecule has 2 rings (SSSR count). The van der Waals surface area contributed by atoms with Gasteiger partial charge in [-0.25, -0.2) is 0 Å². The van der Waals surface area contributed by atoms with Crippen LogP contribution in [-0.2, 0) is 0 Å². The normalized spacial score (nSPS) is 10.3. The molecular formula is C13H10BrCl. The molecule has 0 unspecified atom stereocenters. The van der Waals surface area contributed by atoms with Crippen molar-refractivity contribution in [2.75, 3.05) is 0 Å². The van der Waals surface area contributed by atoms with Gasteiger partial charge in [0.2, 0.25) is 0 Å². The summed E-state index contributed by atoms with van der Waals surface area (Å²) >= 11 is 9.39. The van der Waals surface area contributed by atoms with Crippen LogP contribution in [0, 0.1) is 6.92 Å². The number of rotatable bonds is 1. The maximum atomic E-state index is 5.86. The van der Waals surface area contributed by atoms with Crippen molar-refractivity contribution in [3.8, 4) is 11.1 Å². The first-order valence-corrected chi connectivity index (χ1v) is 5.86. The molecule has 0 aliphatic rings. The Morgan fingerprint density at radius 3 is 2.33 bits per heavy atom. The van der Waals surface area contributed by atoms with Crippen LogP contribution < -0.4 is 0 Å². The first-order valence-electron chi connectivity index (χ1n) is 4.69. The van der Waals surface area contributed by atoms with Gasteiger partial charge in [-0.2, -0.15) is 0 Å². The Balaban J connectivity index is 2.54. The average molecular weight is 282 g/mol. The second kappa shape index (κ2) is 4.38. The van der Waals surface area contributed by atoms with Gasteiger partial charge < -0.3 is 0 Å². The third-order valence-electron chi connectivity index (χ3n) is 2.42. The van der Waals surface area contributed by atoms with E-state index in [9.17, 15) is 0 Å². The highest BCUT2D eigenvalue weighted by molar-refractivity contribution is 9.10. The SMILES string of the molecule is Cc1c(Br)cccc1-c1ccc(Cl)cc1. The maximum absolute atomic E-state index is 5.86. The van der Waals surface area contributed by atoms with Crippen LogP contribution in [0.5, 0.6) is 0 Å². The second-order valence-corrected chi connectivity index (χ2v) is 4.71. The summed E-state index contributed by atoms with van der Waals surface area (Å²) in [6.07, 6.45) is 0. The predicted molar refractivity (Wildman–Crippen MR) is 69.3 cm³/mol. The highest BCUT2D eigenvalue weighted by Crippen LogP contribution is 2.29. The van der Waals surface area contributed by atoms with Crippen molar-refractivity contribution >= 4 is 27.5 Å². The van der Waals surface area contributed by atoms with E-state index in [1.165, 1.54) is 16.7 Å². The zero-order chi connectivity index (χ0) is 10.8. The molecule has 0 atom stereocenters. The Kier molecular flexibility index (Phi) is 3.13. The minimum Gasteiger partial charge on any atom is -0.0843 e. The van der Waals surface area contributed by atoms with Gasteiger partial charge in [0.05, 0.1) is 0 Å². The van der Waals surface area contributed by atoms with Crippen molar-refractivity contribution in [2.24, 2.45) is 0 Å². The fraction of sp³-hybridized carbons (Fsp3) is 0.0769. The smallest absolute Gasteiger partial charge is 0.0406 e. The summed E-state index contributed by atoms with van der Waals surface area (Å²) < 4.78 is 1.13. The van der Waals surface area contributed by atoms with Crippen LogP contribution in [0.2, 0.25) is 5.02 Å². The van der Waals surface area contributed by atoms with E-state index < -0.39 is 0 Å². The molecule has 0 N–H and O–H groups in total. The Morgan fingerprint density at radius 2 is 1.67 bits per heavy atom. The molecule has 76 valence electrons. The molecule has 0 radical (unpaired) electrons. The van der Waals surface area contributed by atoms with Crippen LogP contribution in [-0.4, -0.2) is 0 Å². The van der Waals surface area contributed by atoms with E-state index in [0.29, 0.717) is 0 Å². The van der Waals surface area contributed by atoms with Gasteiger partial charge in [0.1, 0.15) is 0 Å². The van der Waals surface area contributed by atoms with E-state index >= 15 is 0 Å². The minimum atomic E-state index is 0.770. The fourth-order valence-electron chi connectivity index (χ4n) is 1.55. The lowest BCUT2D eigenvalue weighted by molar-refractivity contribution is 1.42. The largest absolute Gasteiger partial charge is 0.0843 e. The van der Waals surface area contributed by atoms with Gasteiger partial charge in [0, 0.05) is 9.50 Å². The van der Waals surface area contributed by atoms with Crippen LogP contribution in [0.4, 0.5) is 0 Å². The van der Waals surface area contributed by atoms with Crippen molar-refractivity contribution in [3.63, 3.8) is 0 Å². The zero-order valence-corrected chi connectivity index (χ0v) is 10.6. The lowest BCUT2D eigenvalue weighted by Gasteiger charge is -2.07. The molecular weight excluding hydrogens is 272 g/mol. The van der Waals surface area contributed by atoms with E-state index in [2.05, 4.69) is 35.0 Å². The quantitative estimate of drug-likeness (QED) is 0.684. The van der Waals surface area contributed by atoms with Crippen molar-refractivity contribution in [3.05, 3.63) is 57.5 Å². The molecule has 2 heteroatoms. The summed E-state index contributed by atoms with van der Waals surface area (Å²) in [4.78, 5) is 0. The van der Waals surface area contributed by atoms with Crippen LogP contribution in [0.1, 0.15) is 5.56 Å². The molecule has 0 aliphatic carbocycles. The van der Waals surface area contributed by atoms with Crippen molar-refractivity contribution < 1.29 is 0 Å². The van der Waals surface area contributed by atoms with Gasteiger partial charge in [-0.15, -0.1) is 0 Å². The molecule has 0 amide bonds. The van der Waals surface area contributed by atoms with Gasteiger partial charge in [0.25, 0.3) is 0 Å². The summed E-state index contributed by atoms with van der Waals surface area (Å²) in [7, 11) is 0. The molecule has 0 fully saturated rings. The standard InChI is InChI=1S/C13H10BrCl/c1-9-12(3-2-4-13(9)14)10-5-7-11(15)8-6-10/h2-8H,1H3. The second-order valence-electron chi connectivity index (χ2n) is 3.42. The highest BCUT2D eigenvalue weighted by Gasteiger charge is 2.03. The predicted octanol–water partition coefficient (Wildman–Crippen LogP) is 5.08. The van der Waals surface area contributed by atoms with Crippen LogP contribution >= 0.6 is 27.5 Å². The number of benzene rings is 2. The first-order chi connectivity index (χ1) is 7.18. The summed E-state index contributed by atoms with van der Waals surface area (Å²) in [5, 5.41) is 0.770. The van der Waals surface area contributed by atoms with Crippen molar-refractivity contribution in [1.29, 1.82) is 0 Å². The molecule has 0 aliphatic heterocycles. The Morgan fingerprint density at radius 1 is 1.00 bits per heavy atom. The lowest BCUT2D eigenvalue weighted by Crippen LogP contribution is -1.83. The molecule has 0 spiro atoms. The van der Waals surface area contributed by atoms with Gasteiger partial charge in [0.15, 0.2) is 0 Å². The monoisotopic (exact) mass is 280 g/mol. The fourth-order valence-corrected chi connectivity index (χ4v) is 2.04. The number of halogens is 2. The van der Waals surface area contributed by atoms with E-state index in [1.807, 2.05) is 30.3 Å². The van der Waals surface area contributed by atoms with E-state index in [1.54, 1.807) is 0 Å². The number of hydrogen-bond acceptors (Lipinski definition) is 0. The van der Waals surface area contributed by atoms with Crippen LogP contribution in [0.15, 0.2) is 46.9 Å². The molecule has 2 aromatic rings. The Hall–Kier alpha value is -0.790. The van der Waals surface area contributed by atoms with E-state index in [0.717, 1.165) is 9.50 Å². The van der Waals surface area contributed by atoms with Crippen LogP contribution in [0.3, 0.4) is 0 Å². The Bertz CT molecular complexity index is 474. The summed E-state index contributed by atoms with van der Waals surface area (Å²) in [5.74, 6) is 0. The third-order valence-corrected chi connectivity index (χ3v) is 3.53. The Labute approximate surface area is 103 Å². The van der Waals surface area contributed by atoms with E-state index in [-0.39, 0.29) is 0 Å². The lowest BCUT2D eigenvalue weighted by atomic mass is 10.0. The van der Waals surface area contributed by atoms with Crippen molar-refractivity contribution in [1.82, 2.24) is 0 Å². The van der Waals surface area contributed by atoms with Gasteiger partial charge in [-0.05, 0) is 41.8 Å². The molecule has 0 aromatic heterocycles. The third kappa shape index (κ3) is 2.24. The first kappa shape index (κ1) is 10.7. The van der Waals surface area contributed by atoms with Crippen molar-refractivity contribution in [2.45, 2.75) is 6.92 Å². The maximum Gasteiger partial charge on any atom is 0.0406 e. The van der Waals surface area contributed by atoms with E-state index in [4.69, 9.17) is 11.6 Å². The summed E-state index contributed by atoms with van der Waals surface area (Å²) in [6, 6.07) is 14.1. The summed E-state index contributed by atoms with van der Waals surface area (Å²) in [5.41, 5.74) is 3.68. The molecule has 0 saturated heterocycles. The average Bonchev–Trinajstić information content (AvgIpc) is 2.24. The molecule has 0 saturated carbocycles. The molecule has 15 heavy (non-hydrogen) atoms. The number of hydrogen-bond donors (Lipinski definition) is 0. The molecule has 0 bridgehead atoms. The van der Waals surface area contributed by atoms with Crippen LogP contribution in [0.25, 0.3) is 11.1 Å². The zero-order valence-electron chi connectivity index (χ0n) is 8.30. The van der Waals surface area contributed by atoms with Gasteiger partial charge in [-0.1, -0.05) is 51.8 Å².